The summed E-state index contributed by atoms with van der Waals surface area (Å²) >= 11 is 5.87. The molecule has 0 aliphatic heterocycles. The van der Waals surface area contributed by atoms with Crippen molar-refractivity contribution in [3.05, 3.63) is 29.3 Å². The Balaban J connectivity index is 2.58. The van der Waals surface area contributed by atoms with Gasteiger partial charge in [0.15, 0.2) is 0 Å². The highest BCUT2D eigenvalue weighted by atomic mass is 35.5. The monoisotopic (exact) mass is 312 g/mol. The Bertz CT molecular complexity index is 492. The second-order valence-corrected chi connectivity index (χ2v) is 5.30. The van der Waals surface area contributed by atoms with Gasteiger partial charge in [-0.2, -0.15) is 0 Å². The number of hydrogen-bond donors (Lipinski definition) is 1. The molecule has 6 heteroatoms. The lowest BCUT2D eigenvalue weighted by atomic mass is 10.3. The van der Waals surface area contributed by atoms with Crippen molar-refractivity contribution in [2.75, 3.05) is 25.0 Å². The molecule has 0 atom stereocenters. The molecule has 21 heavy (non-hydrogen) atoms. The number of hydrogen-bond acceptors (Lipinski definition) is 4. The SMILES string of the molecule is CCOC(=O)CN(CC(=O)Nc1cccc(Cl)c1)C(C)C. The minimum absolute atomic E-state index is 0.0551. The molecular weight excluding hydrogens is 292 g/mol. The van der Waals surface area contributed by atoms with Gasteiger partial charge in [0.1, 0.15) is 0 Å². The maximum absolute atomic E-state index is 12.0. The molecule has 1 amide bonds. The number of benzene rings is 1. The van der Waals surface area contributed by atoms with E-state index in [1.54, 1.807) is 36.1 Å². The molecule has 0 unspecified atom stereocenters. The summed E-state index contributed by atoms with van der Waals surface area (Å²) in [6.07, 6.45) is 0. The first-order valence-corrected chi connectivity index (χ1v) is 7.25. The number of carbonyl (C=O) groups is 2. The summed E-state index contributed by atoms with van der Waals surface area (Å²) in [6, 6.07) is 6.98. The van der Waals surface area contributed by atoms with Gasteiger partial charge in [0, 0.05) is 16.8 Å². The van der Waals surface area contributed by atoms with E-state index in [1.807, 2.05) is 13.8 Å². The van der Waals surface area contributed by atoms with E-state index < -0.39 is 0 Å². The van der Waals surface area contributed by atoms with Crippen molar-refractivity contribution < 1.29 is 14.3 Å². The summed E-state index contributed by atoms with van der Waals surface area (Å²) in [5.41, 5.74) is 0.632. The van der Waals surface area contributed by atoms with Crippen LogP contribution in [0.1, 0.15) is 20.8 Å². The number of ether oxygens (including phenoxy) is 1. The molecule has 0 bridgehead atoms. The number of amides is 1. The average Bonchev–Trinajstić information content (AvgIpc) is 2.38. The van der Waals surface area contributed by atoms with Crippen molar-refractivity contribution in [1.82, 2.24) is 4.90 Å². The van der Waals surface area contributed by atoms with Gasteiger partial charge in [0.25, 0.3) is 0 Å². The highest BCUT2D eigenvalue weighted by molar-refractivity contribution is 6.30. The van der Waals surface area contributed by atoms with E-state index in [0.717, 1.165) is 0 Å². The summed E-state index contributed by atoms with van der Waals surface area (Å²) in [5.74, 6) is -0.531. The molecule has 1 rings (SSSR count). The first kappa shape index (κ1) is 17.5. The van der Waals surface area contributed by atoms with E-state index in [1.165, 1.54) is 0 Å². The van der Waals surface area contributed by atoms with Crippen LogP contribution in [0.25, 0.3) is 0 Å². The number of anilines is 1. The molecule has 1 N–H and O–H groups in total. The molecule has 1 aromatic rings. The molecule has 0 spiro atoms. The zero-order valence-corrected chi connectivity index (χ0v) is 13.3. The summed E-state index contributed by atoms with van der Waals surface area (Å²) < 4.78 is 4.91. The third kappa shape index (κ3) is 6.60. The van der Waals surface area contributed by atoms with E-state index >= 15 is 0 Å². The molecule has 1 aromatic carbocycles. The first-order valence-electron chi connectivity index (χ1n) is 6.87. The molecule has 116 valence electrons. The van der Waals surface area contributed by atoms with Crippen LogP contribution in [0.5, 0.6) is 0 Å². The smallest absolute Gasteiger partial charge is 0.320 e. The Labute approximate surface area is 130 Å². The van der Waals surface area contributed by atoms with Gasteiger partial charge in [-0.1, -0.05) is 17.7 Å². The lowest BCUT2D eigenvalue weighted by Gasteiger charge is -2.24. The third-order valence-corrected chi connectivity index (χ3v) is 3.06. The fourth-order valence-corrected chi connectivity index (χ4v) is 1.93. The third-order valence-electron chi connectivity index (χ3n) is 2.82. The van der Waals surface area contributed by atoms with Crippen molar-refractivity contribution in [2.45, 2.75) is 26.8 Å². The minimum Gasteiger partial charge on any atom is -0.465 e. The van der Waals surface area contributed by atoms with E-state index in [-0.39, 0.29) is 31.0 Å². The summed E-state index contributed by atoms with van der Waals surface area (Å²) in [4.78, 5) is 25.3. The van der Waals surface area contributed by atoms with Gasteiger partial charge in [-0.25, -0.2) is 0 Å². The molecule has 0 heterocycles. The molecule has 0 aliphatic carbocycles. The molecular formula is C15H21ClN2O3. The van der Waals surface area contributed by atoms with Crippen LogP contribution in [0, 0.1) is 0 Å². The van der Waals surface area contributed by atoms with Crippen LogP contribution in [-0.4, -0.2) is 42.5 Å². The van der Waals surface area contributed by atoms with Gasteiger partial charge < -0.3 is 10.1 Å². The largest absolute Gasteiger partial charge is 0.465 e. The molecule has 0 fully saturated rings. The second-order valence-electron chi connectivity index (χ2n) is 4.86. The lowest BCUT2D eigenvalue weighted by molar-refractivity contribution is -0.145. The number of nitrogens with zero attached hydrogens (tertiary/aromatic N) is 1. The van der Waals surface area contributed by atoms with Crippen LogP contribution in [0.4, 0.5) is 5.69 Å². The Hall–Kier alpha value is -1.59. The summed E-state index contributed by atoms with van der Waals surface area (Å²) in [7, 11) is 0. The molecule has 0 saturated carbocycles. The van der Waals surface area contributed by atoms with Gasteiger partial charge in [-0.15, -0.1) is 0 Å². The molecule has 0 radical (unpaired) electrons. The van der Waals surface area contributed by atoms with Gasteiger partial charge in [0.2, 0.25) is 5.91 Å². The predicted octanol–water partition coefficient (Wildman–Crippen LogP) is 2.55. The van der Waals surface area contributed by atoms with E-state index in [4.69, 9.17) is 16.3 Å². The quantitative estimate of drug-likeness (QED) is 0.786. The average molecular weight is 313 g/mol. The maximum atomic E-state index is 12.0. The van der Waals surface area contributed by atoms with Gasteiger partial charge in [-0.3, -0.25) is 14.5 Å². The van der Waals surface area contributed by atoms with Gasteiger partial charge >= 0.3 is 5.97 Å². The van der Waals surface area contributed by atoms with Crippen molar-refractivity contribution in [3.63, 3.8) is 0 Å². The van der Waals surface area contributed by atoms with Crippen LogP contribution in [0.3, 0.4) is 0 Å². The van der Waals surface area contributed by atoms with Crippen LogP contribution in [-0.2, 0) is 14.3 Å². The van der Waals surface area contributed by atoms with Gasteiger partial charge in [0.05, 0.1) is 19.7 Å². The Kier molecular flexibility index (Phi) is 7.19. The van der Waals surface area contributed by atoms with Gasteiger partial charge in [-0.05, 0) is 39.0 Å². The Morgan fingerprint density at radius 1 is 1.33 bits per heavy atom. The Morgan fingerprint density at radius 3 is 2.62 bits per heavy atom. The highest BCUT2D eigenvalue weighted by Crippen LogP contribution is 2.14. The van der Waals surface area contributed by atoms with Crippen molar-refractivity contribution in [1.29, 1.82) is 0 Å². The molecule has 0 aromatic heterocycles. The normalized spacial score (nSPS) is 10.8. The number of rotatable bonds is 7. The molecule has 0 saturated heterocycles. The van der Waals surface area contributed by atoms with Crippen LogP contribution in [0.2, 0.25) is 5.02 Å². The van der Waals surface area contributed by atoms with Crippen LogP contribution in [0.15, 0.2) is 24.3 Å². The number of halogens is 1. The van der Waals surface area contributed by atoms with E-state index in [0.29, 0.717) is 17.3 Å². The number of carbonyl (C=O) groups excluding carboxylic acids is 2. The maximum Gasteiger partial charge on any atom is 0.320 e. The predicted molar refractivity (Wildman–Crippen MR) is 83.4 cm³/mol. The zero-order valence-electron chi connectivity index (χ0n) is 12.6. The van der Waals surface area contributed by atoms with E-state index in [9.17, 15) is 9.59 Å². The standard InChI is InChI=1S/C15H21ClN2O3/c1-4-21-15(20)10-18(11(2)3)9-14(19)17-13-7-5-6-12(16)8-13/h5-8,11H,4,9-10H2,1-3H3,(H,17,19). The Morgan fingerprint density at radius 2 is 2.05 bits per heavy atom. The summed E-state index contributed by atoms with van der Waals surface area (Å²) in [6.45, 7) is 6.14. The zero-order chi connectivity index (χ0) is 15.8. The van der Waals surface area contributed by atoms with Crippen molar-refractivity contribution in [3.8, 4) is 0 Å². The van der Waals surface area contributed by atoms with E-state index in [2.05, 4.69) is 5.32 Å². The molecule has 5 nitrogen and oxygen atoms in total. The lowest BCUT2D eigenvalue weighted by Crippen LogP contribution is -2.41. The van der Waals surface area contributed by atoms with Crippen LogP contribution < -0.4 is 5.32 Å². The summed E-state index contributed by atoms with van der Waals surface area (Å²) in [5, 5.41) is 3.31. The van der Waals surface area contributed by atoms with Crippen molar-refractivity contribution in [2.24, 2.45) is 0 Å². The molecule has 0 aliphatic rings. The topological polar surface area (TPSA) is 58.6 Å². The van der Waals surface area contributed by atoms with Crippen molar-refractivity contribution >= 4 is 29.2 Å². The van der Waals surface area contributed by atoms with Crippen LogP contribution >= 0.6 is 11.6 Å². The fourth-order valence-electron chi connectivity index (χ4n) is 1.74. The number of nitrogens with one attached hydrogen (secondary N) is 1. The number of esters is 1. The second kappa shape index (κ2) is 8.64. The first-order chi connectivity index (χ1) is 9.92. The highest BCUT2D eigenvalue weighted by Gasteiger charge is 2.18. The fraction of sp³-hybridized carbons (Fsp3) is 0.467. The minimum atomic E-state index is -0.332.